The first-order chi connectivity index (χ1) is 21.0. The smallest absolute Gasteiger partial charge is 0.411 e. The molecule has 8 heteroatoms. The van der Waals surface area contributed by atoms with Crippen LogP contribution >= 0.6 is 0 Å². The summed E-state index contributed by atoms with van der Waals surface area (Å²) in [5, 5.41) is 12.0. The number of amides is 2. The lowest BCUT2D eigenvalue weighted by atomic mass is 9.98. The minimum atomic E-state index is -0.429. The van der Waals surface area contributed by atoms with Crippen molar-refractivity contribution >= 4 is 17.7 Å². The van der Waals surface area contributed by atoms with Crippen molar-refractivity contribution in [2.24, 2.45) is 5.92 Å². The summed E-state index contributed by atoms with van der Waals surface area (Å²) in [4.78, 5) is 32.2. The largest absolute Gasteiger partial charge is 0.446 e. The number of ether oxygens (including phenoxy) is 1. The highest BCUT2D eigenvalue weighted by molar-refractivity contribution is 5.94. The van der Waals surface area contributed by atoms with E-state index in [0.717, 1.165) is 81.8 Å². The Morgan fingerprint density at radius 3 is 2.23 bits per heavy atom. The molecule has 3 aromatic rings. The summed E-state index contributed by atoms with van der Waals surface area (Å²) in [7, 11) is 1.85. The third-order valence-corrected chi connectivity index (χ3v) is 8.53. The number of nitriles is 1. The van der Waals surface area contributed by atoms with Gasteiger partial charge in [0.2, 0.25) is 0 Å². The molecule has 224 valence electrons. The second kappa shape index (κ2) is 14.8. The maximum absolute atomic E-state index is 13.0. The van der Waals surface area contributed by atoms with Crippen molar-refractivity contribution in [2.45, 2.75) is 38.3 Å². The van der Waals surface area contributed by atoms with E-state index in [1.807, 2.05) is 85.9 Å². The number of piperidine rings is 2. The highest BCUT2D eigenvalue weighted by Crippen LogP contribution is 2.28. The van der Waals surface area contributed by atoms with E-state index >= 15 is 0 Å². The minimum absolute atomic E-state index is 0.0204. The van der Waals surface area contributed by atoms with Gasteiger partial charge in [-0.1, -0.05) is 60.7 Å². The average Bonchev–Trinajstić information content (AvgIpc) is 3.05. The lowest BCUT2D eigenvalue weighted by Gasteiger charge is -2.32. The SMILES string of the molecule is CN(CCN1CCC(OC(=O)Nc2ccccc2-c2ccccc2)CC1)C(=O)c1ccc(CN2CCC(C#N)CC2)cc1. The zero-order valence-corrected chi connectivity index (χ0v) is 25.0. The minimum Gasteiger partial charge on any atom is -0.446 e. The summed E-state index contributed by atoms with van der Waals surface area (Å²) in [5.74, 6) is 0.208. The van der Waals surface area contributed by atoms with Crippen molar-refractivity contribution in [3.05, 3.63) is 90.0 Å². The molecule has 2 fully saturated rings. The first-order valence-corrected chi connectivity index (χ1v) is 15.3. The van der Waals surface area contributed by atoms with E-state index in [-0.39, 0.29) is 17.9 Å². The van der Waals surface area contributed by atoms with Gasteiger partial charge in [-0.05, 0) is 68.1 Å². The van der Waals surface area contributed by atoms with Gasteiger partial charge in [0.1, 0.15) is 6.10 Å². The fourth-order valence-corrected chi connectivity index (χ4v) is 5.85. The maximum atomic E-state index is 13.0. The van der Waals surface area contributed by atoms with Crippen molar-refractivity contribution in [1.82, 2.24) is 14.7 Å². The fraction of sp³-hybridized carbons (Fsp3) is 0.400. The average molecular weight is 580 g/mol. The van der Waals surface area contributed by atoms with Crippen LogP contribution in [0.2, 0.25) is 0 Å². The first kappa shape index (κ1) is 30.3. The van der Waals surface area contributed by atoms with Gasteiger partial charge in [0.15, 0.2) is 0 Å². The molecule has 2 aliphatic rings. The number of likely N-dealkylation sites (N-methyl/N-ethyl adjacent to an activating group) is 1. The molecule has 0 saturated carbocycles. The standard InChI is InChI=1S/C35H41N5O3/c1-38(34(41)30-13-11-28(12-14-30)26-40-19-15-27(25-36)16-20-40)23-24-39-21-17-31(18-22-39)43-35(42)37-33-10-6-5-9-32(33)29-7-3-2-4-8-29/h2-14,27,31H,15-24,26H2,1H3,(H,37,42). The molecule has 0 unspecified atom stereocenters. The van der Waals surface area contributed by atoms with Crippen LogP contribution in [0.15, 0.2) is 78.9 Å². The third-order valence-electron chi connectivity index (χ3n) is 8.53. The van der Waals surface area contributed by atoms with Crippen LogP contribution in [-0.4, -0.2) is 79.1 Å². The zero-order chi connectivity index (χ0) is 30.0. The normalized spacial score (nSPS) is 16.7. The molecule has 0 atom stereocenters. The van der Waals surface area contributed by atoms with Gasteiger partial charge < -0.3 is 14.5 Å². The Labute approximate surface area is 254 Å². The maximum Gasteiger partial charge on any atom is 0.411 e. The molecule has 0 aliphatic carbocycles. The topological polar surface area (TPSA) is 88.9 Å². The Bertz CT molecular complexity index is 1390. The lowest BCUT2D eigenvalue weighted by molar-refractivity contribution is 0.0540. The van der Waals surface area contributed by atoms with Crippen LogP contribution < -0.4 is 5.32 Å². The van der Waals surface area contributed by atoms with Gasteiger partial charge in [0, 0.05) is 56.8 Å². The number of para-hydroxylation sites is 1. The Hall–Kier alpha value is -4.19. The number of rotatable bonds is 9. The molecule has 2 aliphatic heterocycles. The van der Waals surface area contributed by atoms with Gasteiger partial charge in [0.05, 0.1) is 11.8 Å². The number of hydrogen-bond donors (Lipinski definition) is 1. The van der Waals surface area contributed by atoms with E-state index in [1.165, 1.54) is 5.56 Å². The second-order valence-corrected chi connectivity index (χ2v) is 11.6. The summed E-state index contributed by atoms with van der Waals surface area (Å²) < 4.78 is 5.77. The number of carbonyl (C=O) groups excluding carboxylic acids is 2. The van der Waals surface area contributed by atoms with Crippen LogP contribution in [0, 0.1) is 17.2 Å². The third kappa shape index (κ3) is 8.44. The predicted molar refractivity (Wildman–Crippen MR) is 168 cm³/mol. The van der Waals surface area contributed by atoms with Crippen LogP contribution in [-0.2, 0) is 11.3 Å². The number of hydrogen-bond acceptors (Lipinski definition) is 6. The van der Waals surface area contributed by atoms with Crippen LogP contribution in [0.1, 0.15) is 41.6 Å². The molecule has 0 bridgehead atoms. The highest BCUT2D eigenvalue weighted by Gasteiger charge is 2.24. The summed E-state index contributed by atoms with van der Waals surface area (Å²) >= 11 is 0. The van der Waals surface area contributed by atoms with Gasteiger partial charge in [-0.2, -0.15) is 5.26 Å². The van der Waals surface area contributed by atoms with E-state index in [2.05, 4.69) is 21.2 Å². The van der Waals surface area contributed by atoms with Crippen LogP contribution in [0.5, 0.6) is 0 Å². The Balaban J connectivity index is 1.02. The number of nitrogens with one attached hydrogen (secondary N) is 1. The van der Waals surface area contributed by atoms with E-state index in [9.17, 15) is 9.59 Å². The first-order valence-electron chi connectivity index (χ1n) is 15.3. The van der Waals surface area contributed by atoms with Gasteiger partial charge in [0.25, 0.3) is 5.91 Å². The van der Waals surface area contributed by atoms with Crippen LogP contribution in [0.25, 0.3) is 11.1 Å². The molecule has 0 aromatic heterocycles. The lowest BCUT2D eigenvalue weighted by Crippen LogP contribution is -2.42. The Kier molecular flexibility index (Phi) is 10.4. The van der Waals surface area contributed by atoms with Crippen molar-refractivity contribution < 1.29 is 14.3 Å². The summed E-state index contributed by atoms with van der Waals surface area (Å²) in [6.45, 7) is 5.80. The quantitative estimate of drug-likeness (QED) is 0.341. The van der Waals surface area contributed by atoms with Crippen molar-refractivity contribution in [1.29, 1.82) is 5.26 Å². The van der Waals surface area contributed by atoms with Gasteiger partial charge in [-0.3, -0.25) is 15.0 Å². The number of carbonyl (C=O) groups is 2. The molecule has 2 heterocycles. The summed E-state index contributed by atoms with van der Waals surface area (Å²) in [5.41, 5.74) is 4.61. The number of anilines is 1. The van der Waals surface area contributed by atoms with Gasteiger partial charge >= 0.3 is 6.09 Å². The summed E-state index contributed by atoms with van der Waals surface area (Å²) in [6.07, 6.45) is 2.84. The molecule has 1 N–H and O–H groups in total. The molecule has 43 heavy (non-hydrogen) atoms. The Morgan fingerprint density at radius 1 is 0.884 bits per heavy atom. The van der Waals surface area contributed by atoms with Crippen molar-refractivity contribution in [2.75, 3.05) is 51.6 Å². The number of benzene rings is 3. The molecule has 2 amide bonds. The Morgan fingerprint density at radius 2 is 1.53 bits per heavy atom. The zero-order valence-electron chi connectivity index (χ0n) is 25.0. The predicted octanol–water partition coefficient (Wildman–Crippen LogP) is 5.87. The number of nitrogens with zero attached hydrogens (tertiary/aromatic N) is 4. The van der Waals surface area contributed by atoms with Gasteiger partial charge in [-0.15, -0.1) is 0 Å². The van der Waals surface area contributed by atoms with E-state index in [1.54, 1.807) is 4.90 Å². The van der Waals surface area contributed by atoms with Crippen molar-refractivity contribution in [3.8, 4) is 17.2 Å². The number of likely N-dealkylation sites (tertiary alicyclic amines) is 2. The van der Waals surface area contributed by atoms with E-state index < -0.39 is 6.09 Å². The molecule has 8 nitrogen and oxygen atoms in total. The van der Waals surface area contributed by atoms with Gasteiger partial charge in [-0.25, -0.2) is 4.79 Å². The molecule has 3 aromatic carbocycles. The second-order valence-electron chi connectivity index (χ2n) is 11.6. The van der Waals surface area contributed by atoms with Crippen LogP contribution in [0.3, 0.4) is 0 Å². The molecule has 5 rings (SSSR count). The van der Waals surface area contributed by atoms with E-state index in [4.69, 9.17) is 10.00 Å². The monoisotopic (exact) mass is 579 g/mol. The molecule has 2 saturated heterocycles. The molecule has 0 spiro atoms. The fourth-order valence-electron chi connectivity index (χ4n) is 5.85. The molecule has 0 radical (unpaired) electrons. The molecular formula is C35H41N5O3. The van der Waals surface area contributed by atoms with Crippen LogP contribution in [0.4, 0.5) is 10.5 Å². The van der Waals surface area contributed by atoms with E-state index in [0.29, 0.717) is 12.1 Å². The summed E-state index contributed by atoms with van der Waals surface area (Å²) in [6, 6.07) is 28.0. The highest BCUT2D eigenvalue weighted by atomic mass is 16.6. The molecular weight excluding hydrogens is 538 g/mol. The van der Waals surface area contributed by atoms with Crippen molar-refractivity contribution in [3.63, 3.8) is 0 Å².